The summed E-state index contributed by atoms with van der Waals surface area (Å²) < 4.78 is 5.71. The number of aryl methyl sites for hydroxylation is 1. The Balaban J connectivity index is 1.59. The predicted octanol–water partition coefficient (Wildman–Crippen LogP) is 4.77. The molecule has 0 spiro atoms. The average molecular weight is 378 g/mol. The van der Waals surface area contributed by atoms with Gasteiger partial charge in [-0.25, -0.2) is 0 Å². The first-order valence-corrected chi connectivity index (χ1v) is 9.06. The normalized spacial score (nSPS) is 11.7. The molecule has 3 rings (SSSR count). The summed E-state index contributed by atoms with van der Waals surface area (Å²) in [6.07, 6.45) is 1.60. The molecule has 28 heavy (non-hydrogen) atoms. The lowest BCUT2D eigenvalue weighted by Gasteiger charge is -2.13. The van der Waals surface area contributed by atoms with Gasteiger partial charge in [0, 0.05) is 0 Å². The first kappa shape index (κ1) is 19.3. The summed E-state index contributed by atoms with van der Waals surface area (Å²) in [5.41, 5.74) is 1.93. The number of carboxylic acid groups (broad SMARTS) is 1. The van der Waals surface area contributed by atoms with Crippen LogP contribution in [-0.2, 0) is 17.6 Å². The van der Waals surface area contributed by atoms with Gasteiger partial charge in [-0.3, -0.25) is 4.79 Å². The molecular formula is C23H22O5. The Morgan fingerprint density at radius 1 is 0.750 bits per heavy atom. The van der Waals surface area contributed by atoms with Crippen LogP contribution in [-0.4, -0.2) is 21.3 Å². The van der Waals surface area contributed by atoms with Crippen LogP contribution in [0.5, 0.6) is 23.0 Å². The predicted molar refractivity (Wildman–Crippen MR) is 106 cm³/mol. The number of phenols is 2. The van der Waals surface area contributed by atoms with Crippen LogP contribution in [0.1, 0.15) is 17.5 Å². The molecule has 0 saturated heterocycles. The number of carbonyl (C=O) groups is 1. The van der Waals surface area contributed by atoms with Gasteiger partial charge in [-0.1, -0.05) is 24.3 Å². The standard InChI is InChI=1S/C23H22O5/c24-19-7-2-16(3-8-19)1-6-18(23(26)27)15-17-4-11-21(12-5-17)28-22-13-9-20(25)10-14-22/h2-5,7-14,18,24-25H,1,6,15H2,(H,26,27). The van der Waals surface area contributed by atoms with Gasteiger partial charge < -0.3 is 20.1 Å². The zero-order valence-electron chi connectivity index (χ0n) is 15.3. The molecule has 0 aliphatic carbocycles. The van der Waals surface area contributed by atoms with Crippen LogP contribution in [0, 0.1) is 5.92 Å². The molecule has 0 bridgehead atoms. The van der Waals surface area contributed by atoms with Gasteiger partial charge in [0.15, 0.2) is 0 Å². The van der Waals surface area contributed by atoms with E-state index < -0.39 is 11.9 Å². The third kappa shape index (κ3) is 5.51. The van der Waals surface area contributed by atoms with Crippen molar-refractivity contribution < 1.29 is 24.9 Å². The molecule has 0 fully saturated rings. The molecule has 0 amide bonds. The highest BCUT2D eigenvalue weighted by Gasteiger charge is 2.18. The fraction of sp³-hybridized carbons (Fsp3) is 0.174. The highest BCUT2D eigenvalue weighted by atomic mass is 16.5. The lowest BCUT2D eigenvalue weighted by molar-refractivity contribution is -0.141. The van der Waals surface area contributed by atoms with Crippen LogP contribution in [0.2, 0.25) is 0 Å². The third-order valence-electron chi connectivity index (χ3n) is 4.54. The molecule has 0 heterocycles. The highest BCUT2D eigenvalue weighted by Crippen LogP contribution is 2.25. The Bertz CT molecular complexity index is 899. The van der Waals surface area contributed by atoms with Crippen LogP contribution < -0.4 is 4.74 Å². The van der Waals surface area contributed by atoms with E-state index in [-0.39, 0.29) is 11.5 Å². The molecule has 0 aliphatic heterocycles. The van der Waals surface area contributed by atoms with E-state index in [4.69, 9.17) is 4.74 Å². The summed E-state index contributed by atoms with van der Waals surface area (Å²) in [6.45, 7) is 0. The number of aromatic hydroxyl groups is 2. The fourth-order valence-corrected chi connectivity index (χ4v) is 2.94. The quantitative estimate of drug-likeness (QED) is 0.526. The first-order valence-electron chi connectivity index (χ1n) is 9.06. The zero-order valence-corrected chi connectivity index (χ0v) is 15.3. The molecule has 1 unspecified atom stereocenters. The lowest BCUT2D eigenvalue weighted by Crippen LogP contribution is -2.17. The van der Waals surface area contributed by atoms with Crippen molar-refractivity contribution in [1.82, 2.24) is 0 Å². The second-order valence-corrected chi connectivity index (χ2v) is 6.68. The number of hydrogen-bond donors (Lipinski definition) is 3. The van der Waals surface area contributed by atoms with E-state index in [0.29, 0.717) is 30.8 Å². The Morgan fingerprint density at radius 2 is 1.21 bits per heavy atom. The molecule has 5 heteroatoms. The van der Waals surface area contributed by atoms with Crippen molar-refractivity contribution in [3.63, 3.8) is 0 Å². The number of benzene rings is 3. The topological polar surface area (TPSA) is 87.0 Å². The summed E-state index contributed by atoms with van der Waals surface area (Å²) in [5.74, 6) is 0.331. The van der Waals surface area contributed by atoms with E-state index >= 15 is 0 Å². The molecule has 3 aromatic rings. The Hall–Kier alpha value is -3.47. The summed E-state index contributed by atoms with van der Waals surface area (Å²) >= 11 is 0. The van der Waals surface area contributed by atoms with Crippen LogP contribution in [0.15, 0.2) is 72.8 Å². The smallest absolute Gasteiger partial charge is 0.306 e. The maximum absolute atomic E-state index is 11.6. The van der Waals surface area contributed by atoms with Gasteiger partial charge in [-0.05, 0) is 78.9 Å². The van der Waals surface area contributed by atoms with E-state index in [0.717, 1.165) is 11.1 Å². The second kappa shape index (κ2) is 8.95. The number of hydrogen-bond acceptors (Lipinski definition) is 4. The second-order valence-electron chi connectivity index (χ2n) is 6.68. The Kier molecular flexibility index (Phi) is 6.17. The molecule has 0 radical (unpaired) electrons. The Morgan fingerprint density at radius 3 is 1.75 bits per heavy atom. The number of carboxylic acids is 1. The minimum absolute atomic E-state index is 0.176. The van der Waals surface area contributed by atoms with Crippen molar-refractivity contribution in [2.24, 2.45) is 5.92 Å². The van der Waals surface area contributed by atoms with E-state index in [1.807, 2.05) is 24.3 Å². The van der Waals surface area contributed by atoms with E-state index in [9.17, 15) is 20.1 Å². The molecule has 144 valence electrons. The zero-order chi connectivity index (χ0) is 19.9. The largest absolute Gasteiger partial charge is 0.508 e. The van der Waals surface area contributed by atoms with E-state index in [1.54, 1.807) is 48.5 Å². The number of aliphatic carboxylic acids is 1. The monoisotopic (exact) mass is 378 g/mol. The van der Waals surface area contributed by atoms with Crippen LogP contribution in [0.4, 0.5) is 0 Å². The van der Waals surface area contributed by atoms with Gasteiger partial charge in [0.25, 0.3) is 0 Å². The van der Waals surface area contributed by atoms with Gasteiger partial charge in [0.1, 0.15) is 23.0 Å². The van der Waals surface area contributed by atoms with Gasteiger partial charge in [-0.2, -0.15) is 0 Å². The van der Waals surface area contributed by atoms with Crippen LogP contribution in [0.3, 0.4) is 0 Å². The lowest BCUT2D eigenvalue weighted by atomic mass is 9.93. The van der Waals surface area contributed by atoms with Crippen molar-refractivity contribution >= 4 is 5.97 Å². The molecule has 0 saturated carbocycles. The number of rotatable bonds is 8. The molecule has 5 nitrogen and oxygen atoms in total. The number of phenolic OH excluding ortho intramolecular Hbond substituents is 2. The van der Waals surface area contributed by atoms with E-state index in [2.05, 4.69) is 0 Å². The van der Waals surface area contributed by atoms with Gasteiger partial charge in [0.05, 0.1) is 5.92 Å². The minimum Gasteiger partial charge on any atom is -0.508 e. The van der Waals surface area contributed by atoms with Crippen LogP contribution >= 0.6 is 0 Å². The molecule has 3 aromatic carbocycles. The van der Waals surface area contributed by atoms with Gasteiger partial charge in [0.2, 0.25) is 0 Å². The molecule has 0 aliphatic rings. The maximum Gasteiger partial charge on any atom is 0.306 e. The summed E-state index contributed by atoms with van der Waals surface area (Å²) in [6, 6.07) is 20.6. The van der Waals surface area contributed by atoms with Crippen molar-refractivity contribution in [1.29, 1.82) is 0 Å². The fourth-order valence-electron chi connectivity index (χ4n) is 2.94. The van der Waals surface area contributed by atoms with Crippen LogP contribution in [0.25, 0.3) is 0 Å². The summed E-state index contributed by atoms with van der Waals surface area (Å²) in [4.78, 5) is 11.6. The van der Waals surface area contributed by atoms with Crippen molar-refractivity contribution in [3.05, 3.63) is 83.9 Å². The van der Waals surface area contributed by atoms with E-state index in [1.165, 1.54) is 0 Å². The highest BCUT2D eigenvalue weighted by molar-refractivity contribution is 5.70. The molecule has 0 aromatic heterocycles. The van der Waals surface area contributed by atoms with Crippen molar-refractivity contribution in [2.45, 2.75) is 19.3 Å². The summed E-state index contributed by atoms with van der Waals surface area (Å²) in [5, 5.41) is 28.2. The molecular weight excluding hydrogens is 356 g/mol. The first-order chi connectivity index (χ1) is 13.5. The van der Waals surface area contributed by atoms with Gasteiger partial charge in [-0.15, -0.1) is 0 Å². The third-order valence-corrected chi connectivity index (χ3v) is 4.54. The average Bonchev–Trinajstić information content (AvgIpc) is 2.69. The SMILES string of the molecule is O=C(O)C(CCc1ccc(O)cc1)Cc1ccc(Oc2ccc(O)cc2)cc1. The minimum atomic E-state index is -0.816. The number of ether oxygens (including phenoxy) is 1. The maximum atomic E-state index is 11.6. The summed E-state index contributed by atoms with van der Waals surface area (Å²) in [7, 11) is 0. The van der Waals surface area contributed by atoms with Crippen molar-refractivity contribution in [2.75, 3.05) is 0 Å². The van der Waals surface area contributed by atoms with Gasteiger partial charge >= 0.3 is 5.97 Å². The van der Waals surface area contributed by atoms with Crippen molar-refractivity contribution in [3.8, 4) is 23.0 Å². The Labute approximate surface area is 163 Å². The molecule has 1 atom stereocenters. The molecule has 3 N–H and O–H groups in total.